The molecule has 0 saturated carbocycles. The lowest BCUT2D eigenvalue weighted by Gasteiger charge is -2.29. The smallest absolute Gasteiger partial charge is 0.320 e. The first-order chi connectivity index (χ1) is 11.9. The predicted octanol–water partition coefficient (Wildman–Crippen LogP) is 1.05. The maximum absolute atomic E-state index is 12.2. The molecule has 3 rings (SSSR count). The van der Waals surface area contributed by atoms with Crippen LogP contribution in [0.2, 0.25) is 0 Å². The van der Waals surface area contributed by atoms with Crippen molar-refractivity contribution in [3.8, 4) is 0 Å². The zero-order valence-corrected chi connectivity index (χ0v) is 13.6. The molecule has 0 saturated heterocycles. The van der Waals surface area contributed by atoms with Crippen molar-refractivity contribution in [2.45, 2.75) is 18.0 Å². The second kappa shape index (κ2) is 6.14. The molecule has 0 spiro atoms. The van der Waals surface area contributed by atoms with Gasteiger partial charge in [-0.1, -0.05) is 6.08 Å². The number of nitrogens with zero attached hydrogens (tertiary/aromatic N) is 3. The number of likely N-dealkylation sites (N-methyl/N-ethyl adjacent to an activating group) is 1. The lowest BCUT2D eigenvalue weighted by molar-refractivity contribution is -0.551. The number of carboxylic acids is 1. The molecule has 1 aromatic heterocycles. The minimum absolute atomic E-state index is 0.0564. The summed E-state index contributed by atoms with van der Waals surface area (Å²) in [6, 6.07) is 2.11. The third-order valence-electron chi connectivity index (χ3n) is 4.61. The normalized spacial score (nSPS) is 23.3. The summed E-state index contributed by atoms with van der Waals surface area (Å²) in [5.41, 5.74) is 6.48. The molecule has 0 fully saturated rings. The van der Waals surface area contributed by atoms with Gasteiger partial charge in [0.2, 0.25) is 0 Å². The van der Waals surface area contributed by atoms with E-state index in [4.69, 9.17) is 10.8 Å². The average Bonchev–Trinajstić information content (AvgIpc) is 2.91. The second-order valence-corrected chi connectivity index (χ2v) is 6.15. The molecule has 1 aromatic rings. The first-order valence-electron chi connectivity index (χ1n) is 7.75. The highest BCUT2D eigenvalue weighted by molar-refractivity contribution is 5.74. The molecule has 8 heteroatoms. The maximum Gasteiger partial charge on any atom is 0.320 e. The summed E-state index contributed by atoms with van der Waals surface area (Å²) in [7, 11) is 1.82. The van der Waals surface area contributed by atoms with E-state index in [0.29, 0.717) is 29.0 Å². The van der Waals surface area contributed by atoms with Crippen molar-refractivity contribution >= 4 is 5.97 Å². The van der Waals surface area contributed by atoms with Gasteiger partial charge in [-0.25, -0.2) is 0 Å². The van der Waals surface area contributed by atoms with Gasteiger partial charge in [0.05, 0.1) is 5.57 Å². The maximum atomic E-state index is 12.2. The Labute approximate surface area is 144 Å². The van der Waals surface area contributed by atoms with Crippen LogP contribution in [0.3, 0.4) is 0 Å². The van der Waals surface area contributed by atoms with Gasteiger partial charge in [-0.3, -0.25) is 19.9 Å². The van der Waals surface area contributed by atoms with Crippen LogP contribution in [0, 0.1) is 10.1 Å². The Morgan fingerprint density at radius 3 is 2.80 bits per heavy atom. The van der Waals surface area contributed by atoms with Crippen LogP contribution in [0.5, 0.6) is 0 Å². The number of pyridine rings is 1. The lowest BCUT2D eigenvalue weighted by atomic mass is 9.77. The summed E-state index contributed by atoms with van der Waals surface area (Å²) < 4.78 is 0. The molecular formula is C17H18N4O4. The van der Waals surface area contributed by atoms with E-state index in [2.05, 4.69) is 4.98 Å². The van der Waals surface area contributed by atoms with E-state index in [0.717, 1.165) is 0 Å². The van der Waals surface area contributed by atoms with Gasteiger partial charge in [0.25, 0.3) is 5.54 Å². The van der Waals surface area contributed by atoms with Crippen molar-refractivity contribution < 1.29 is 14.8 Å². The third-order valence-corrected chi connectivity index (χ3v) is 4.61. The van der Waals surface area contributed by atoms with E-state index in [1.165, 1.54) is 18.5 Å². The molecule has 25 heavy (non-hydrogen) atoms. The number of carbonyl (C=O) groups is 1. The highest BCUT2D eigenvalue weighted by Crippen LogP contribution is 2.47. The highest BCUT2D eigenvalue weighted by Gasteiger charge is 2.53. The number of aliphatic carboxylic acids is 1. The van der Waals surface area contributed by atoms with Gasteiger partial charge >= 0.3 is 5.97 Å². The lowest BCUT2D eigenvalue weighted by Crippen LogP contribution is -2.39. The Kier molecular flexibility index (Phi) is 4.13. The summed E-state index contributed by atoms with van der Waals surface area (Å²) >= 11 is 0. The van der Waals surface area contributed by atoms with Gasteiger partial charge in [0.15, 0.2) is 0 Å². The van der Waals surface area contributed by atoms with Crippen molar-refractivity contribution in [2.24, 2.45) is 5.73 Å². The molecule has 2 aliphatic rings. The Bertz CT molecular complexity index is 815. The Morgan fingerprint density at radius 2 is 2.20 bits per heavy atom. The van der Waals surface area contributed by atoms with Gasteiger partial charge in [0, 0.05) is 48.2 Å². The molecule has 8 nitrogen and oxygen atoms in total. The van der Waals surface area contributed by atoms with Crippen LogP contribution in [-0.4, -0.2) is 45.5 Å². The minimum Gasteiger partial charge on any atom is -0.480 e. The summed E-state index contributed by atoms with van der Waals surface area (Å²) in [5, 5.41) is 21.3. The Balaban J connectivity index is 2.21. The van der Waals surface area contributed by atoms with Crippen LogP contribution in [0.4, 0.5) is 0 Å². The first kappa shape index (κ1) is 16.8. The number of hydrogen-bond acceptors (Lipinski definition) is 6. The fourth-order valence-corrected chi connectivity index (χ4v) is 3.48. The highest BCUT2D eigenvalue weighted by atomic mass is 16.6. The molecule has 1 aliphatic heterocycles. The van der Waals surface area contributed by atoms with Crippen LogP contribution in [0.1, 0.15) is 12.0 Å². The largest absolute Gasteiger partial charge is 0.480 e. The minimum atomic E-state index is -1.58. The van der Waals surface area contributed by atoms with Crippen LogP contribution < -0.4 is 5.73 Å². The van der Waals surface area contributed by atoms with E-state index < -0.39 is 17.6 Å². The van der Waals surface area contributed by atoms with Gasteiger partial charge in [-0.05, 0) is 30.2 Å². The topological polar surface area (TPSA) is 123 Å². The quantitative estimate of drug-likeness (QED) is 0.605. The van der Waals surface area contributed by atoms with Crippen molar-refractivity contribution in [1.82, 2.24) is 9.88 Å². The van der Waals surface area contributed by atoms with Crippen molar-refractivity contribution in [2.75, 3.05) is 13.6 Å². The monoisotopic (exact) mass is 342 g/mol. The van der Waals surface area contributed by atoms with Crippen molar-refractivity contribution in [1.29, 1.82) is 0 Å². The Hall–Kier alpha value is -3.00. The number of hydrogen-bond donors (Lipinski definition) is 2. The molecule has 3 N–H and O–H groups in total. The second-order valence-electron chi connectivity index (χ2n) is 6.15. The van der Waals surface area contributed by atoms with Crippen LogP contribution >= 0.6 is 0 Å². The molecule has 2 unspecified atom stereocenters. The van der Waals surface area contributed by atoms with E-state index >= 15 is 0 Å². The summed E-state index contributed by atoms with van der Waals surface area (Å²) in [5.74, 6) is -1.13. The number of aromatic nitrogens is 1. The SMILES string of the molecule is CN1CC(CC(N)C(=O)O)=C2C1=CC=CC2(c1ccncc1)[N+](=O)[O-]. The molecular weight excluding hydrogens is 324 g/mol. The van der Waals surface area contributed by atoms with Crippen LogP contribution in [0.15, 0.2) is 59.6 Å². The fraction of sp³-hybridized carbons (Fsp3) is 0.294. The zero-order chi connectivity index (χ0) is 18.2. The molecule has 1 aliphatic carbocycles. The Morgan fingerprint density at radius 1 is 1.52 bits per heavy atom. The van der Waals surface area contributed by atoms with Gasteiger partial charge in [0.1, 0.15) is 6.04 Å². The van der Waals surface area contributed by atoms with Gasteiger partial charge < -0.3 is 15.7 Å². The molecule has 0 amide bonds. The number of rotatable bonds is 5. The van der Waals surface area contributed by atoms with E-state index in [1.807, 2.05) is 11.9 Å². The third kappa shape index (κ3) is 2.60. The molecule has 2 atom stereocenters. The first-order valence-corrected chi connectivity index (χ1v) is 7.75. The number of allylic oxidation sites excluding steroid dienone is 2. The van der Waals surface area contributed by atoms with E-state index in [1.54, 1.807) is 24.3 Å². The molecule has 0 bridgehead atoms. The zero-order valence-electron chi connectivity index (χ0n) is 13.6. The average molecular weight is 342 g/mol. The van der Waals surface area contributed by atoms with E-state index in [9.17, 15) is 14.9 Å². The predicted molar refractivity (Wildman–Crippen MR) is 90.0 cm³/mol. The summed E-state index contributed by atoms with van der Waals surface area (Å²) in [6.45, 7) is 0.407. The number of nitrogens with two attached hydrogens (primary N) is 1. The molecule has 0 radical (unpaired) electrons. The summed E-state index contributed by atoms with van der Waals surface area (Å²) in [6.07, 6.45) is 8.08. The van der Waals surface area contributed by atoms with Crippen molar-refractivity contribution in [3.05, 3.63) is 75.3 Å². The van der Waals surface area contributed by atoms with E-state index in [-0.39, 0.29) is 11.3 Å². The number of fused-ring (bicyclic) bond motifs is 1. The molecule has 0 aromatic carbocycles. The summed E-state index contributed by atoms with van der Waals surface area (Å²) in [4.78, 5) is 28.8. The standard InChI is InChI=1S/C17H18N4O4/c1-20-10-11(9-13(18)16(22)23)15-14(20)3-2-6-17(15,21(24)25)12-4-7-19-8-5-12/h2-8,13H,9-10,18H2,1H3,(H,22,23). The van der Waals surface area contributed by atoms with Crippen molar-refractivity contribution in [3.63, 3.8) is 0 Å². The molecule has 130 valence electrons. The fourth-order valence-electron chi connectivity index (χ4n) is 3.48. The molecule has 2 heterocycles. The number of nitro groups is 1. The van der Waals surface area contributed by atoms with Gasteiger partial charge in [-0.15, -0.1) is 0 Å². The van der Waals surface area contributed by atoms with Crippen LogP contribution in [0.25, 0.3) is 0 Å². The van der Waals surface area contributed by atoms with Crippen LogP contribution in [-0.2, 0) is 10.3 Å². The van der Waals surface area contributed by atoms with Gasteiger partial charge in [-0.2, -0.15) is 0 Å². The number of carboxylic acid groups (broad SMARTS) is 1.